The Morgan fingerprint density at radius 1 is 0.964 bits per heavy atom. The Kier molecular flexibility index (Phi) is 6.16. The normalized spacial score (nSPS) is 12.6. The molecule has 0 radical (unpaired) electrons. The number of amides is 1. The third-order valence-electron chi connectivity index (χ3n) is 3.44. The number of rotatable bonds is 6. The van der Waals surface area contributed by atoms with E-state index >= 15 is 0 Å². The van der Waals surface area contributed by atoms with Crippen molar-refractivity contribution in [3.05, 3.63) is 54.1 Å². The number of alkyl halides is 3. The van der Waals surface area contributed by atoms with Crippen molar-refractivity contribution < 1.29 is 34.8 Å². The minimum absolute atomic E-state index is 0.0464. The molecule has 0 saturated carbocycles. The van der Waals surface area contributed by atoms with E-state index in [4.69, 9.17) is 0 Å². The smallest absolute Gasteiger partial charge is 0.325 e. The van der Waals surface area contributed by atoms with Gasteiger partial charge in [-0.05, 0) is 36.4 Å². The molecular weight excluding hydrogens is 421 g/mol. The van der Waals surface area contributed by atoms with Crippen molar-refractivity contribution >= 4 is 31.5 Å². The first-order valence-electron chi connectivity index (χ1n) is 7.56. The van der Waals surface area contributed by atoms with E-state index < -0.39 is 48.9 Å². The summed E-state index contributed by atoms with van der Waals surface area (Å²) in [6, 6.07) is 8.37. The molecule has 0 unspecified atom stereocenters. The average Bonchev–Trinajstić information content (AvgIpc) is 2.59. The van der Waals surface area contributed by atoms with Gasteiger partial charge in [-0.25, -0.2) is 21.6 Å². The fraction of sp³-hybridized carbons (Fsp3) is 0.188. The zero-order chi connectivity index (χ0) is 21.2. The van der Waals surface area contributed by atoms with Gasteiger partial charge in [0.15, 0.2) is 9.84 Å². The number of sulfone groups is 1. The number of halogens is 3. The lowest BCUT2D eigenvalue weighted by molar-refractivity contribution is -0.137. The molecule has 0 atom stereocenters. The van der Waals surface area contributed by atoms with Crippen molar-refractivity contribution in [2.24, 2.45) is 0 Å². The predicted octanol–water partition coefficient (Wildman–Crippen LogP) is 2.03. The predicted molar refractivity (Wildman–Crippen MR) is 94.8 cm³/mol. The first-order valence-corrected chi connectivity index (χ1v) is 10.9. The van der Waals surface area contributed by atoms with Gasteiger partial charge >= 0.3 is 6.18 Å². The topological polar surface area (TPSA) is 109 Å². The Morgan fingerprint density at radius 2 is 1.57 bits per heavy atom. The highest BCUT2D eigenvalue weighted by atomic mass is 32.2. The minimum atomic E-state index is -4.71. The molecule has 7 nitrogen and oxygen atoms in total. The van der Waals surface area contributed by atoms with E-state index in [9.17, 15) is 34.8 Å². The summed E-state index contributed by atoms with van der Waals surface area (Å²) < 4.78 is 87.2. The minimum Gasteiger partial charge on any atom is -0.325 e. The van der Waals surface area contributed by atoms with Crippen LogP contribution in [0, 0.1) is 0 Å². The van der Waals surface area contributed by atoms with Crippen molar-refractivity contribution in [1.82, 2.24) is 4.72 Å². The van der Waals surface area contributed by atoms with Crippen molar-refractivity contribution in [2.45, 2.75) is 16.0 Å². The number of nitrogens with one attached hydrogen (secondary N) is 2. The maximum atomic E-state index is 12.7. The SMILES string of the molecule is CS(=O)(=O)c1cccc(NC(=O)CNS(=O)(=O)c2cccc(C(F)(F)F)c2)c1. The summed E-state index contributed by atoms with van der Waals surface area (Å²) in [6.07, 6.45) is -3.73. The molecule has 2 aromatic carbocycles. The maximum Gasteiger partial charge on any atom is 0.416 e. The van der Waals surface area contributed by atoms with Gasteiger partial charge in [-0.2, -0.15) is 13.2 Å². The summed E-state index contributed by atoms with van der Waals surface area (Å²) in [7, 11) is -7.87. The number of carbonyl (C=O) groups excluding carboxylic acids is 1. The van der Waals surface area contributed by atoms with Crippen molar-refractivity contribution in [1.29, 1.82) is 0 Å². The zero-order valence-electron chi connectivity index (χ0n) is 14.3. The summed E-state index contributed by atoms with van der Waals surface area (Å²) in [4.78, 5) is 11.2. The van der Waals surface area contributed by atoms with Crippen molar-refractivity contribution in [2.75, 3.05) is 18.1 Å². The Labute approximate surface area is 159 Å². The molecule has 152 valence electrons. The molecule has 0 spiro atoms. The second-order valence-corrected chi connectivity index (χ2v) is 9.48. The molecule has 2 N–H and O–H groups in total. The number of sulfonamides is 1. The highest BCUT2D eigenvalue weighted by Crippen LogP contribution is 2.30. The third-order valence-corrected chi connectivity index (χ3v) is 5.95. The van der Waals surface area contributed by atoms with Gasteiger partial charge in [0.1, 0.15) is 0 Å². The van der Waals surface area contributed by atoms with Crippen LogP contribution in [0.1, 0.15) is 5.56 Å². The highest BCUT2D eigenvalue weighted by molar-refractivity contribution is 7.90. The lowest BCUT2D eigenvalue weighted by atomic mass is 10.2. The van der Waals surface area contributed by atoms with Crippen LogP contribution in [0.4, 0.5) is 18.9 Å². The molecule has 0 aliphatic rings. The molecule has 12 heteroatoms. The second-order valence-electron chi connectivity index (χ2n) is 5.70. The molecule has 2 aromatic rings. The van der Waals surface area contributed by atoms with E-state index in [1.807, 2.05) is 4.72 Å². The van der Waals surface area contributed by atoms with Gasteiger partial charge in [-0.15, -0.1) is 0 Å². The van der Waals surface area contributed by atoms with Gasteiger partial charge in [0.25, 0.3) is 0 Å². The zero-order valence-corrected chi connectivity index (χ0v) is 16.0. The summed E-state index contributed by atoms with van der Waals surface area (Å²) in [5.41, 5.74) is -1.02. The summed E-state index contributed by atoms with van der Waals surface area (Å²) in [6.45, 7) is -0.762. The molecular formula is C16H15F3N2O5S2. The highest BCUT2D eigenvalue weighted by Gasteiger charge is 2.31. The van der Waals surface area contributed by atoms with Crippen LogP contribution in [0.3, 0.4) is 0 Å². The molecule has 0 heterocycles. The van der Waals surface area contributed by atoms with Crippen LogP contribution in [-0.4, -0.2) is 35.5 Å². The van der Waals surface area contributed by atoms with Crippen LogP contribution in [0.25, 0.3) is 0 Å². The van der Waals surface area contributed by atoms with Crippen molar-refractivity contribution in [3.63, 3.8) is 0 Å². The van der Waals surface area contributed by atoms with Gasteiger partial charge in [-0.3, -0.25) is 4.79 Å². The first-order chi connectivity index (χ1) is 12.8. The molecule has 1 amide bonds. The van der Waals surface area contributed by atoms with E-state index in [-0.39, 0.29) is 10.6 Å². The quantitative estimate of drug-likeness (QED) is 0.720. The van der Waals surface area contributed by atoms with Crippen LogP contribution >= 0.6 is 0 Å². The Morgan fingerprint density at radius 3 is 2.18 bits per heavy atom. The van der Waals surface area contributed by atoms with E-state index in [0.717, 1.165) is 24.5 Å². The number of hydrogen-bond acceptors (Lipinski definition) is 5. The summed E-state index contributed by atoms with van der Waals surface area (Å²) in [5.74, 6) is -0.832. The fourth-order valence-corrected chi connectivity index (χ4v) is 3.79. The maximum absolute atomic E-state index is 12.7. The molecule has 2 rings (SSSR count). The van der Waals surface area contributed by atoms with Crippen LogP contribution in [-0.2, 0) is 30.8 Å². The largest absolute Gasteiger partial charge is 0.416 e. The summed E-state index contributed by atoms with van der Waals surface area (Å²) in [5, 5.41) is 2.30. The van der Waals surface area contributed by atoms with Gasteiger partial charge in [0.2, 0.25) is 15.9 Å². The third kappa shape index (κ3) is 5.78. The molecule has 0 aliphatic heterocycles. The molecule has 0 bridgehead atoms. The Bertz CT molecular complexity index is 1100. The molecule has 0 aromatic heterocycles. The molecule has 0 aliphatic carbocycles. The van der Waals surface area contributed by atoms with Crippen LogP contribution in [0.15, 0.2) is 58.3 Å². The second kappa shape index (κ2) is 7.89. The van der Waals surface area contributed by atoms with Crippen LogP contribution in [0.2, 0.25) is 0 Å². The van der Waals surface area contributed by atoms with E-state index in [1.165, 1.54) is 24.3 Å². The van der Waals surface area contributed by atoms with E-state index in [2.05, 4.69) is 5.32 Å². The Hall–Kier alpha value is -2.44. The molecule has 0 fully saturated rings. The van der Waals surface area contributed by atoms with Crippen LogP contribution < -0.4 is 10.0 Å². The van der Waals surface area contributed by atoms with Crippen LogP contribution in [0.5, 0.6) is 0 Å². The van der Waals surface area contributed by atoms with Gasteiger partial charge in [0.05, 0.1) is 21.9 Å². The number of anilines is 1. The monoisotopic (exact) mass is 436 g/mol. The van der Waals surface area contributed by atoms with E-state index in [1.54, 1.807) is 0 Å². The summed E-state index contributed by atoms with van der Waals surface area (Å²) >= 11 is 0. The lowest BCUT2D eigenvalue weighted by Gasteiger charge is -2.11. The number of carbonyl (C=O) groups is 1. The number of benzene rings is 2. The standard InChI is InChI=1S/C16H15F3N2O5S2/c1-27(23,24)13-6-3-5-12(9-13)21-15(22)10-20-28(25,26)14-7-2-4-11(8-14)16(17,18)19/h2-9,20H,10H2,1H3,(H,21,22). The first kappa shape index (κ1) is 21.9. The molecule has 28 heavy (non-hydrogen) atoms. The van der Waals surface area contributed by atoms with Gasteiger partial charge in [-0.1, -0.05) is 12.1 Å². The van der Waals surface area contributed by atoms with Crippen molar-refractivity contribution in [3.8, 4) is 0 Å². The fourth-order valence-electron chi connectivity index (χ4n) is 2.09. The van der Waals surface area contributed by atoms with E-state index in [0.29, 0.717) is 6.07 Å². The van der Waals surface area contributed by atoms with Gasteiger partial charge in [0, 0.05) is 11.9 Å². The van der Waals surface area contributed by atoms with Gasteiger partial charge < -0.3 is 5.32 Å². The average molecular weight is 436 g/mol. The lowest BCUT2D eigenvalue weighted by Crippen LogP contribution is -2.33. The number of hydrogen-bond donors (Lipinski definition) is 2. The Balaban J connectivity index is 2.08. The molecule has 0 saturated heterocycles.